The van der Waals surface area contributed by atoms with Gasteiger partial charge < -0.3 is 20.1 Å². The lowest BCUT2D eigenvalue weighted by Gasteiger charge is -2.33. The van der Waals surface area contributed by atoms with Crippen molar-refractivity contribution in [2.75, 3.05) is 12.1 Å². The van der Waals surface area contributed by atoms with Crippen LogP contribution in [0.2, 0.25) is 0 Å². The zero-order valence-electron chi connectivity index (χ0n) is 16.7. The number of benzene rings is 2. The Labute approximate surface area is 181 Å². The maximum Gasteiger partial charge on any atom is 0.410 e. The molecule has 7 nitrogen and oxygen atoms in total. The number of alkyl halides is 3. The number of rotatable bonds is 4. The number of halogens is 3. The first-order chi connectivity index (χ1) is 15.4. The Morgan fingerprint density at radius 1 is 1.12 bits per heavy atom. The molecule has 0 radical (unpaired) electrons. The lowest BCUT2D eigenvalue weighted by Crippen LogP contribution is -2.35. The van der Waals surface area contributed by atoms with Crippen molar-refractivity contribution in [1.29, 1.82) is 0 Å². The SMILES string of the molecule is O=C(NCc1ccccc1)c1cc2n(n1)C(C(F)(F)F)CC(c1ccc3c(c1)OCO3)N2. The van der Waals surface area contributed by atoms with Crippen molar-refractivity contribution < 1.29 is 27.4 Å². The molecule has 0 bridgehead atoms. The van der Waals surface area contributed by atoms with Crippen LogP contribution < -0.4 is 20.1 Å². The average molecular weight is 444 g/mol. The molecule has 0 fully saturated rings. The van der Waals surface area contributed by atoms with E-state index < -0.39 is 24.2 Å². The lowest BCUT2D eigenvalue weighted by atomic mass is 9.96. The van der Waals surface area contributed by atoms with Crippen LogP contribution in [-0.2, 0) is 6.54 Å². The van der Waals surface area contributed by atoms with Crippen LogP contribution in [0.25, 0.3) is 0 Å². The quantitative estimate of drug-likeness (QED) is 0.631. The van der Waals surface area contributed by atoms with E-state index in [1.54, 1.807) is 18.2 Å². The second-order valence-corrected chi connectivity index (χ2v) is 7.63. The van der Waals surface area contributed by atoms with Gasteiger partial charge in [-0.05, 0) is 23.3 Å². The van der Waals surface area contributed by atoms with Crippen LogP contribution in [0.15, 0.2) is 54.6 Å². The van der Waals surface area contributed by atoms with Crippen LogP contribution in [0.5, 0.6) is 11.5 Å². The monoisotopic (exact) mass is 444 g/mol. The first kappa shape index (κ1) is 20.2. The van der Waals surface area contributed by atoms with Gasteiger partial charge in [-0.1, -0.05) is 36.4 Å². The van der Waals surface area contributed by atoms with Crippen molar-refractivity contribution in [3.63, 3.8) is 0 Å². The van der Waals surface area contributed by atoms with Crippen LogP contribution >= 0.6 is 0 Å². The Kier molecular flexibility index (Phi) is 4.91. The van der Waals surface area contributed by atoms with Gasteiger partial charge in [0.25, 0.3) is 5.91 Å². The zero-order chi connectivity index (χ0) is 22.3. The lowest BCUT2D eigenvalue weighted by molar-refractivity contribution is -0.173. The van der Waals surface area contributed by atoms with E-state index in [9.17, 15) is 18.0 Å². The third kappa shape index (κ3) is 3.83. The van der Waals surface area contributed by atoms with Gasteiger partial charge >= 0.3 is 6.18 Å². The fourth-order valence-electron chi connectivity index (χ4n) is 3.90. The summed E-state index contributed by atoms with van der Waals surface area (Å²) in [6.45, 7) is 0.327. The Bertz CT molecular complexity index is 1150. The second-order valence-electron chi connectivity index (χ2n) is 7.63. The highest BCUT2D eigenvalue weighted by Gasteiger charge is 2.47. The highest BCUT2D eigenvalue weighted by atomic mass is 19.4. The van der Waals surface area contributed by atoms with Gasteiger partial charge in [0.2, 0.25) is 6.79 Å². The Hall–Kier alpha value is -3.69. The molecule has 1 aromatic heterocycles. The predicted molar refractivity (Wildman–Crippen MR) is 108 cm³/mol. The van der Waals surface area contributed by atoms with Gasteiger partial charge in [-0.25, -0.2) is 4.68 Å². The number of hydrogen-bond donors (Lipinski definition) is 2. The minimum atomic E-state index is -4.53. The molecule has 0 aliphatic carbocycles. The van der Waals surface area contributed by atoms with Crippen LogP contribution in [0.4, 0.5) is 19.0 Å². The number of nitrogens with one attached hydrogen (secondary N) is 2. The van der Waals surface area contributed by atoms with Crippen molar-refractivity contribution in [3.05, 3.63) is 71.4 Å². The molecule has 3 aromatic rings. The van der Waals surface area contributed by atoms with E-state index in [1.165, 1.54) is 6.07 Å². The third-order valence-corrected chi connectivity index (χ3v) is 5.52. The van der Waals surface area contributed by atoms with E-state index in [-0.39, 0.29) is 31.3 Å². The van der Waals surface area contributed by atoms with Crippen molar-refractivity contribution >= 4 is 11.7 Å². The predicted octanol–water partition coefficient (Wildman–Crippen LogP) is 4.20. The summed E-state index contributed by atoms with van der Waals surface area (Å²) in [5, 5.41) is 9.75. The van der Waals surface area contributed by atoms with Gasteiger partial charge in [-0.2, -0.15) is 18.3 Å². The molecular formula is C22H19F3N4O3. The molecule has 10 heteroatoms. The number of aromatic nitrogens is 2. The smallest absolute Gasteiger partial charge is 0.410 e. The van der Waals surface area contributed by atoms with Gasteiger partial charge in [0.15, 0.2) is 23.2 Å². The van der Waals surface area contributed by atoms with E-state index in [2.05, 4.69) is 15.7 Å². The summed E-state index contributed by atoms with van der Waals surface area (Å²) in [5.74, 6) is 0.636. The summed E-state index contributed by atoms with van der Waals surface area (Å²) < 4.78 is 53.1. The zero-order valence-corrected chi connectivity index (χ0v) is 16.7. The number of carbonyl (C=O) groups excluding carboxylic acids is 1. The van der Waals surface area contributed by atoms with Gasteiger partial charge in [-0.15, -0.1) is 0 Å². The summed E-state index contributed by atoms with van der Waals surface area (Å²) in [6, 6.07) is 13.1. The van der Waals surface area contributed by atoms with Crippen molar-refractivity contribution in [3.8, 4) is 11.5 Å². The third-order valence-electron chi connectivity index (χ3n) is 5.52. The number of anilines is 1. The summed E-state index contributed by atoms with van der Waals surface area (Å²) in [5.41, 5.74) is 1.43. The Morgan fingerprint density at radius 3 is 2.69 bits per heavy atom. The summed E-state index contributed by atoms with van der Waals surface area (Å²) in [4.78, 5) is 12.5. The minimum Gasteiger partial charge on any atom is -0.454 e. The number of carbonyl (C=O) groups is 1. The molecule has 3 heterocycles. The van der Waals surface area contributed by atoms with Crippen LogP contribution in [0.3, 0.4) is 0 Å². The van der Waals surface area contributed by atoms with E-state index in [1.807, 2.05) is 30.3 Å². The van der Waals surface area contributed by atoms with Gasteiger partial charge in [0.05, 0.1) is 6.04 Å². The normalized spacial score (nSPS) is 19.2. The number of nitrogens with zero attached hydrogens (tertiary/aromatic N) is 2. The molecule has 2 N–H and O–H groups in total. The number of hydrogen-bond acceptors (Lipinski definition) is 5. The fraction of sp³-hybridized carbons (Fsp3) is 0.273. The largest absolute Gasteiger partial charge is 0.454 e. The summed E-state index contributed by atoms with van der Waals surface area (Å²) >= 11 is 0. The van der Waals surface area contributed by atoms with Crippen LogP contribution in [-0.4, -0.2) is 28.7 Å². The molecule has 0 saturated carbocycles. The number of ether oxygens (including phenoxy) is 2. The first-order valence-electron chi connectivity index (χ1n) is 10.0. The second kappa shape index (κ2) is 7.77. The molecule has 32 heavy (non-hydrogen) atoms. The molecule has 0 spiro atoms. The highest BCUT2D eigenvalue weighted by molar-refractivity contribution is 5.93. The molecule has 166 valence electrons. The molecule has 1 amide bonds. The summed E-state index contributed by atoms with van der Waals surface area (Å²) in [6.07, 6.45) is -4.81. The van der Waals surface area contributed by atoms with Gasteiger partial charge in [-0.3, -0.25) is 4.79 Å². The van der Waals surface area contributed by atoms with E-state index in [0.29, 0.717) is 17.1 Å². The minimum absolute atomic E-state index is 0.0796. The van der Waals surface area contributed by atoms with Crippen LogP contribution in [0, 0.1) is 0 Å². The fourth-order valence-corrected chi connectivity index (χ4v) is 3.90. The maximum atomic E-state index is 13.9. The molecule has 5 rings (SSSR count). The molecule has 2 aromatic carbocycles. The standard InChI is InChI=1S/C22H19F3N4O3/c23-22(24,25)19-9-15(14-6-7-17-18(8-14)32-12-31-17)27-20-10-16(28-29(19)20)21(30)26-11-13-4-2-1-3-5-13/h1-8,10,15,19,27H,9,11-12H2,(H,26,30). The molecule has 2 aliphatic heterocycles. The number of amides is 1. The van der Waals surface area contributed by atoms with E-state index >= 15 is 0 Å². The first-order valence-corrected chi connectivity index (χ1v) is 10.0. The van der Waals surface area contributed by atoms with Gasteiger partial charge in [0, 0.05) is 19.0 Å². The summed E-state index contributed by atoms with van der Waals surface area (Å²) in [7, 11) is 0. The van der Waals surface area contributed by atoms with Gasteiger partial charge in [0.1, 0.15) is 5.82 Å². The average Bonchev–Trinajstić information content (AvgIpc) is 3.43. The highest BCUT2D eigenvalue weighted by Crippen LogP contribution is 2.45. The van der Waals surface area contributed by atoms with Crippen LogP contribution in [0.1, 0.15) is 40.1 Å². The molecule has 2 aliphatic rings. The molecule has 2 atom stereocenters. The maximum absolute atomic E-state index is 13.9. The van der Waals surface area contributed by atoms with E-state index in [4.69, 9.17) is 9.47 Å². The number of fused-ring (bicyclic) bond motifs is 2. The Balaban J connectivity index is 1.40. The van der Waals surface area contributed by atoms with Crippen molar-refractivity contribution in [2.45, 2.75) is 31.2 Å². The van der Waals surface area contributed by atoms with E-state index in [0.717, 1.165) is 10.2 Å². The topological polar surface area (TPSA) is 77.4 Å². The molecular weight excluding hydrogens is 425 g/mol. The Morgan fingerprint density at radius 2 is 1.91 bits per heavy atom. The van der Waals surface area contributed by atoms with Crippen molar-refractivity contribution in [2.24, 2.45) is 0 Å². The van der Waals surface area contributed by atoms with Crippen molar-refractivity contribution in [1.82, 2.24) is 15.1 Å². The molecule has 2 unspecified atom stereocenters. The molecule has 0 saturated heterocycles.